The molecule has 1 amide bonds. The molecule has 1 aromatic heterocycles. The lowest BCUT2D eigenvalue weighted by Gasteiger charge is -2.34. The molecule has 1 saturated heterocycles. The normalized spacial score (nSPS) is 17.3. The third kappa shape index (κ3) is 5.18. The number of hydrogen-bond acceptors (Lipinski definition) is 5. The molecule has 1 aliphatic heterocycles. The number of piperazine rings is 1. The van der Waals surface area contributed by atoms with Gasteiger partial charge in [-0.1, -0.05) is 19.9 Å². The van der Waals surface area contributed by atoms with Gasteiger partial charge in [0.15, 0.2) is 0 Å². The number of pyridine rings is 1. The van der Waals surface area contributed by atoms with E-state index >= 15 is 0 Å². The third-order valence-electron chi connectivity index (χ3n) is 4.19. The second-order valence-electron chi connectivity index (χ2n) is 6.73. The minimum Gasteiger partial charge on any atom is -0.354 e. The van der Waals surface area contributed by atoms with Gasteiger partial charge >= 0.3 is 0 Å². The van der Waals surface area contributed by atoms with Crippen LogP contribution in [0.2, 0.25) is 0 Å². The second kappa shape index (κ2) is 8.26. The minimum atomic E-state index is -0.446. The summed E-state index contributed by atoms with van der Waals surface area (Å²) in [4.78, 5) is 21.2. The van der Waals surface area contributed by atoms with E-state index in [1.807, 2.05) is 18.3 Å². The lowest BCUT2D eigenvalue weighted by atomic mass is 10.0. The largest absolute Gasteiger partial charge is 0.354 e. The van der Waals surface area contributed by atoms with Crippen LogP contribution in [0.1, 0.15) is 25.8 Å². The van der Waals surface area contributed by atoms with Gasteiger partial charge in [0.05, 0.1) is 6.04 Å². The molecule has 0 unspecified atom stereocenters. The average Bonchev–Trinajstić information content (AvgIpc) is 2.53. The van der Waals surface area contributed by atoms with Crippen molar-refractivity contribution in [3.8, 4) is 0 Å². The lowest BCUT2D eigenvalue weighted by Crippen LogP contribution is -2.45. The number of hydrogen-bond donors (Lipinski definition) is 2. The van der Waals surface area contributed by atoms with Crippen LogP contribution in [-0.2, 0) is 11.3 Å². The molecule has 1 aromatic rings. The topological polar surface area (TPSA) is 74.5 Å². The van der Waals surface area contributed by atoms with Gasteiger partial charge in [-0.3, -0.25) is 4.79 Å². The van der Waals surface area contributed by atoms with Crippen LogP contribution < -0.4 is 16.0 Å². The van der Waals surface area contributed by atoms with Gasteiger partial charge in [0.2, 0.25) is 5.91 Å². The number of rotatable bonds is 6. The van der Waals surface area contributed by atoms with Crippen LogP contribution in [0, 0.1) is 5.92 Å². The number of anilines is 1. The molecule has 0 spiro atoms. The molecule has 1 aliphatic rings. The first kappa shape index (κ1) is 17.7. The fraction of sp³-hybridized carbons (Fsp3) is 0.647. The van der Waals surface area contributed by atoms with Crippen LogP contribution in [0.3, 0.4) is 0 Å². The Morgan fingerprint density at radius 2 is 2.04 bits per heavy atom. The van der Waals surface area contributed by atoms with Gasteiger partial charge in [-0.25, -0.2) is 4.98 Å². The third-order valence-corrected chi connectivity index (χ3v) is 4.19. The number of nitrogens with two attached hydrogens (primary N) is 1. The van der Waals surface area contributed by atoms with Gasteiger partial charge in [-0.2, -0.15) is 0 Å². The molecule has 3 N–H and O–H groups in total. The van der Waals surface area contributed by atoms with E-state index < -0.39 is 6.04 Å². The molecule has 6 nitrogen and oxygen atoms in total. The molecule has 6 heteroatoms. The van der Waals surface area contributed by atoms with Crippen molar-refractivity contribution in [3.05, 3.63) is 23.9 Å². The van der Waals surface area contributed by atoms with Crippen molar-refractivity contribution in [2.75, 3.05) is 38.1 Å². The van der Waals surface area contributed by atoms with E-state index in [0.717, 1.165) is 37.6 Å². The molecule has 2 heterocycles. The highest BCUT2D eigenvalue weighted by Crippen LogP contribution is 2.18. The Balaban J connectivity index is 1.96. The van der Waals surface area contributed by atoms with Crippen LogP contribution in [0.25, 0.3) is 0 Å². The molecular formula is C17H29N5O. The summed E-state index contributed by atoms with van der Waals surface area (Å²) in [6.07, 6.45) is 2.51. The van der Waals surface area contributed by atoms with Crippen LogP contribution in [-0.4, -0.2) is 55.1 Å². The first-order valence-corrected chi connectivity index (χ1v) is 8.38. The highest BCUT2D eigenvalue weighted by Gasteiger charge is 2.19. The monoisotopic (exact) mass is 319 g/mol. The zero-order valence-electron chi connectivity index (χ0n) is 14.5. The molecule has 0 bridgehead atoms. The minimum absolute atomic E-state index is 0.0909. The zero-order valence-corrected chi connectivity index (χ0v) is 14.5. The Bertz CT molecular complexity index is 511. The van der Waals surface area contributed by atoms with Crippen LogP contribution >= 0.6 is 0 Å². The first-order valence-electron chi connectivity index (χ1n) is 8.38. The van der Waals surface area contributed by atoms with Gasteiger partial charge in [0.1, 0.15) is 5.82 Å². The summed E-state index contributed by atoms with van der Waals surface area (Å²) >= 11 is 0. The number of nitrogens with one attached hydrogen (secondary N) is 1. The van der Waals surface area contributed by atoms with Gasteiger partial charge in [0, 0.05) is 44.5 Å². The highest BCUT2D eigenvalue weighted by molar-refractivity contribution is 5.81. The van der Waals surface area contributed by atoms with Gasteiger partial charge in [-0.05, 0) is 25.5 Å². The highest BCUT2D eigenvalue weighted by atomic mass is 16.2. The average molecular weight is 319 g/mol. The van der Waals surface area contributed by atoms with Crippen LogP contribution in [0.5, 0.6) is 0 Å². The summed E-state index contributed by atoms with van der Waals surface area (Å²) in [5.74, 6) is 1.29. The predicted octanol–water partition coefficient (Wildman–Crippen LogP) is 0.823. The number of aromatic nitrogens is 1. The summed E-state index contributed by atoms with van der Waals surface area (Å²) < 4.78 is 0. The van der Waals surface area contributed by atoms with E-state index in [1.165, 1.54) is 0 Å². The van der Waals surface area contributed by atoms with E-state index in [1.54, 1.807) is 0 Å². The molecule has 0 saturated carbocycles. The predicted molar refractivity (Wildman–Crippen MR) is 93.2 cm³/mol. The smallest absolute Gasteiger partial charge is 0.237 e. The summed E-state index contributed by atoms with van der Waals surface area (Å²) in [6, 6.07) is 3.49. The van der Waals surface area contributed by atoms with Crippen molar-refractivity contribution in [1.82, 2.24) is 15.2 Å². The first-order chi connectivity index (χ1) is 11.0. The summed E-state index contributed by atoms with van der Waals surface area (Å²) in [7, 11) is 2.13. The van der Waals surface area contributed by atoms with E-state index in [4.69, 9.17) is 5.73 Å². The molecule has 128 valence electrons. The molecule has 0 radical (unpaired) electrons. The molecule has 2 rings (SSSR count). The quantitative estimate of drug-likeness (QED) is 0.812. The standard InChI is InChI=1S/C17H29N5O/c1-13(2)11-15(18)17(23)20-12-14-5-4-6-19-16(14)22-9-7-21(3)8-10-22/h4-6,13,15H,7-12,18H2,1-3H3,(H,20,23)/t15-/m0/s1. The maximum Gasteiger partial charge on any atom is 0.237 e. The van der Waals surface area contributed by atoms with Crippen molar-refractivity contribution >= 4 is 11.7 Å². The van der Waals surface area contributed by atoms with Crippen molar-refractivity contribution < 1.29 is 4.79 Å². The summed E-state index contributed by atoms with van der Waals surface area (Å²) in [5, 5.41) is 2.95. The zero-order chi connectivity index (χ0) is 16.8. The fourth-order valence-electron chi connectivity index (χ4n) is 2.80. The molecule has 0 aromatic carbocycles. The Hall–Kier alpha value is -1.66. The van der Waals surface area contributed by atoms with Crippen molar-refractivity contribution in [3.63, 3.8) is 0 Å². The Kier molecular flexibility index (Phi) is 6.36. The summed E-state index contributed by atoms with van der Waals surface area (Å²) in [6.45, 7) is 8.59. The Morgan fingerprint density at radius 1 is 1.35 bits per heavy atom. The Morgan fingerprint density at radius 3 is 2.70 bits per heavy atom. The van der Waals surface area contributed by atoms with Crippen LogP contribution in [0.15, 0.2) is 18.3 Å². The van der Waals surface area contributed by atoms with Gasteiger partial charge < -0.3 is 20.9 Å². The fourth-order valence-corrected chi connectivity index (χ4v) is 2.80. The van der Waals surface area contributed by atoms with Crippen molar-refractivity contribution in [2.24, 2.45) is 11.7 Å². The van der Waals surface area contributed by atoms with Gasteiger partial charge in [0.25, 0.3) is 0 Å². The number of likely N-dealkylation sites (N-methyl/N-ethyl adjacent to an activating group) is 1. The number of carbonyl (C=O) groups is 1. The van der Waals surface area contributed by atoms with E-state index in [9.17, 15) is 4.79 Å². The van der Waals surface area contributed by atoms with Crippen molar-refractivity contribution in [1.29, 1.82) is 0 Å². The van der Waals surface area contributed by atoms with E-state index in [2.05, 4.69) is 41.0 Å². The lowest BCUT2D eigenvalue weighted by molar-refractivity contribution is -0.122. The number of nitrogens with zero attached hydrogens (tertiary/aromatic N) is 3. The number of carbonyl (C=O) groups excluding carboxylic acids is 1. The number of amides is 1. The molecule has 0 aliphatic carbocycles. The second-order valence-corrected chi connectivity index (χ2v) is 6.73. The molecule has 1 atom stereocenters. The van der Waals surface area contributed by atoms with Crippen LogP contribution in [0.4, 0.5) is 5.82 Å². The van der Waals surface area contributed by atoms with Crippen molar-refractivity contribution in [2.45, 2.75) is 32.9 Å². The molecule has 23 heavy (non-hydrogen) atoms. The van der Waals surface area contributed by atoms with E-state index in [-0.39, 0.29) is 5.91 Å². The van der Waals surface area contributed by atoms with Gasteiger partial charge in [-0.15, -0.1) is 0 Å². The van der Waals surface area contributed by atoms with E-state index in [0.29, 0.717) is 18.9 Å². The maximum atomic E-state index is 12.1. The Labute approximate surface area is 139 Å². The SMILES string of the molecule is CC(C)C[C@H](N)C(=O)NCc1cccnc1N1CCN(C)CC1. The molecular weight excluding hydrogens is 290 g/mol. The summed E-state index contributed by atoms with van der Waals surface area (Å²) in [5.41, 5.74) is 6.98. The molecule has 1 fully saturated rings. The maximum absolute atomic E-state index is 12.1.